The molecule has 2 heterocycles. The van der Waals surface area contributed by atoms with Gasteiger partial charge < -0.3 is 20.5 Å². The standard InChI is InChI=1S/C18H18Br2N2O3S/c1-2-25-10-7-9(13(19)14(20)15(10)23)16-21-17(24)12-8-5-3-4-6-11(8)26-18(12)22-16/h7,16,22-23H,2-6H2,1H3,(H,21,24). The molecule has 2 aromatic rings. The number of phenols is 1. The van der Waals surface area contributed by atoms with E-state index >= 15 is 0 Å². The molecule has 1 aromatic carbocycles. The number of aromatic hydroxyl groups is 1. The molecule has 1 aliphatic heterocycles. The molecule has 0 saturated carbocycles. The minimum Gasteiger partial charge on any atom is -0.503 e. The number of phenolic OH excluding ortho intramolecular Hbond substituents is 1. The van der Waals surface area contributed by atoms with Gasteiger partial charge in [0.2, 0.25) is 0 Å². The molecule has 138 valence electrons. The van der Waals surface area contributed by atoms with Gasteiger partial charge in [-0.1, -0.05) is 0 Å². The van der Waals surface area contributed by atoms with Crippen molar-refractivity contribution in [2.24, 2.45) is 0 Å². The van der Waals surface area contributed by atoms with E-state index in [1.807, 2.05) is 6.92 Å². The highest BCUT2D eigenvalue weighted by Gasteiger charge is 2.33. The normalized spacial score (nSPS) is 18.6. The quantitative estimate of drug-likeness (QED) is 0.546. The summed E-state index contributed by atoms with van der Waals surface area (Å²) in [6, 6.07) is 1.75. The number of carbonyl (C=O) groups excluding carboxylic acids is 1. The zero-order chi connectivity index (χ0) is 18.4. The van der Waals surface area contributed by atoms with Crippen molar-refractivity contribution in [1.82, 2.24) is 5.32 Å². The first-order valence-electron chi connectivity index (χ1n) is 8.56. The molecule has 1 aromatic heterocycles. The third kappa shape index (κ3) is 2.92. The molecule has 0 spiro atoms. The van der Waals surface area contributed by atoms with E-state index in [2.05, 4.69) is 42.5 Å². The fourth-order valence-electron chi connectivity index (χ4n) is 3.52. The largest absolute Gasteiger partial charge is 0.503 e. The van der Waals surface area contributed by atoms with Gasteiger partial charge in [0, 0.05) is 14.9 Å². The Morgan fingerprint density at radius 1 is 1.27 bits per heavy atom. The summed E-state index contributed by atoms with van der Waals surface area (Å²) < 4.78 is 6.71. The van der Waals surface area contributed by atoms with Crippen LogP contribution in [0.4, 0.5) is 5.00 Å². The van der Waals surface area contributed by atoms with Gasteiger partial charge in [-0.2, -0.15) is 0 Å². The zero-order valence-electron chi connectivity index (χ0n) is 14.1. The molecule has 26 heavy (non-hydrogen) atoms. The number of benzene rings is 1. The molecular weight excluding hydrogens is 484 g/mol. The summed E-state index contributed by atoms with van der Waals surface area (Å²) in [5, 5.41) is 17.7. The Hall–Kier alpha value is -1.25. The molecule has 1 unspecified atom stereocenters. The van der Waals surface area contributed by atoms with E-state index < -0.39 is 6.17 Å². The van der Waals surface area contributed by atoms with Gasteiger partial charge in [-0.3, -0.25) is 4.79 Å². The molecule has 0 radical (unpaired) electrons. The van der Waals surface area contributed by atoms with Crippen LogP contribution in [0.2, 0.25) is 0 Å². The number of carbonyl (C=O) groups is 1. The number of aryl methyl sites for hydroxylation is 1. The summed E-state index contributed by atoms with van der Waals surface area (Å²) in [5.41, 5.74) is 2.81. The van der Waals surface area contributed by atoms with Gasteiger partial charge in [-0.05, 0) is 76.1 Å². The van der Waals surface area contributed by atoms with Crippen LogP contribution in [0.1, 0.15) is 52.3 Å². The minimum absolute atomic E-state index is 0.0388. The highest BCUT2D eigenvalue weighted by molar-refractivity contribution is 9.13. The van der Waals surface area contributed by atoms with Crippen molar-refractivity contribution in [2.45, 2.75) is 38.8 Å². The van der Waals surface area contributed by atoms with Gasteiger partial charge in [0.1, 0.15) is 11.2 Å². The molecule has 4 rings (SSSR count). The third-order valence-electron chi connectivity index (χ3n) is 4.73. The van der Waals surface area contributed by atoms with E-state index in [0.717, 1.165) is 35.4 Å². The van der Waals surface area contributed by atoms with Crippen molar-refractivity contribution >= 4 is 54.1 Å². The van der Waals surface area contributed by atoms with Gasteiger partial charge in [-0.25, -0.2) is 0 Å². The van der Waals surface area contributed by atoms with Crippen LogP contribution in [0.3, 0.4) is 0 Å². The topological polar surface area (TPSA) is 70.6 Å². The van der Waals surface area contributed by atoms with Crippen LogP contribution >= 0.6 is 43.2 Å². The van der Waals surface area contributed by atoms with Gasteiger partial charge >= 0.3 is 0 Å². The van der Waals surface area contributed by atoms with Crippen LogP contribution in [-0.4, -0.2) is 17.6 Å². The van der Waals surface area contributed by atoms with E-state index in [1.54, 1.807) is 17.4 Å². The lowest BCUT2D eigenvalue weighted by atomic mass is 9.94. The number of rotatable bonds is 3. The Kier molecular flexibility index (Phi) is 4.92. The lowest BCUT2D eigenvalue weighted by Crippen LogP contribution is -2.38. The highest BCUT2D eigenvalue weighted by Crippen LogP contribution is 2.46. The molecule has 3 N–H and O–H groups in total. The smallest absolute Gasteiger partial charge is 0.256 e. The van der Waals surface area contributed by atoms with Crippen molar-refractivity contribution in [3.63, 3.8) is 0 Å². The Balaban J connectivity index is 1.74. The lowest BCUT2D eigenvalue weighted by Gasteiger charge is -2.28. The SMILES string of the molecule is CCOc1cc(C2NC(=O)c3c(sc4c3CCCC4)N2)c(Br)c(Br)c1O. The van der Waals surface area contributed by atoms with Crippen LogP contribution in [0.15, 0.2) is 15.0 Å². The second-order valence-corrected chi connectivity index (χ2v) is 9.03. The Bertz CT molecular complexity index is 897. The Morgan fingerprint density at radius 3 is 2.81 bits per heavy atom. The van der Waals surface area contributed by atoms with Crippen LogP contribution in [0.25, 0.3) is 0 Å². The summed E-state index contributed by atoms with van der Waals surface area (Å²) in [6.45, 7) is 2.30. The molecule has 0 fully saturated rings. The van der Waals surface area contributed by atoms with Gasteiger partial charge in [0.15, 0.2) is 11.5 Å². The maximum absolute atomic E-state index is 12.8. The zero-order valence-corrected chi connectivity index (χ0v) is 18.1. The van der Waals surface area contributed by atoms with Crippen molar-refractivity contribution in [2.75, 3.05) is 11.9 Å². The average molecular weight is 502 g/mol. The van der Waals surface area contributed by atoms with Crippen LogP contribution in [-0.2, 0) is 12.8 Å². The van der Waals surface area contributed by atoms with E-state index in [0.29, 0.717) is 21.3 Å². The first kappa shape index (κ1) is 18.1. The molecule has 8 heteroatoms. The predicted octanol–water partition coefficient (Wildman–Crippen LogP) is 5.11. The maximum Gasteiger partial charge on any atom is 0.256 e. The summed E-state index contributed by atoms with van der Waals surface area (Å²) >= 11 is 8.60. The molecule has 0 bridgehead atoms. The summed E-state index contributed by atoms with van der Waals surface area (Å²) in [4.78, 5) is 14.1. The number of thiophene rings is 1. The highest BCUT2D eigenvalue weighted by atomic mass is 79.9. The number of hydrogen-bond donors (Lipinski definition) is 3. The molecule has 1 aliphatic carbocycles. The van der Waals surface area contributed by atoms with Crippen molar-refractivity contribution in [1.29, 1.82) is 0 Å². The van der Waals surface area contributed by atoms with E-state index in [-0.39, 0.29) is 11.7 Å². The Morgan fingerprint density at radius 2 is 2.04 bits per heavy atom. The summed E-state index contributed by atoms with van der Waals surface area (Å²) in [7, 11) is 0. The number of fused-ring (bicyclic) bond motifs is 3. The van der Waals surface area contributed by atoms with Crippen molar-refractivity contribution in [3.8, 4) is 11.5 Å². The molecule has 1 amide bonds. The minimum atomic E-state index is -0.402. The lowest BCUT2D eigenvalue weighted by molar-refractivity contribution is 0.0935. The molecular formula is C18H18Br2N2O3S. The van der Waals surface area contributed by atoms with Gasteiger partial charge in [-0.15, -0.1) is 11.3 Å². The van der Waals surface area contributed by atoms with E-state index in [9.17, 15) is 9.90 Å². The van der Waals surface area contributed by atoms with Crippen LogP contribution in [0, 0.1) is 0 Å². The fourth-order valence-corrected chi connectivity index (χ4v) is 5.79. The van der Waals surface area contributed by atoms with Gasteiger partial charge in [0.25, 0.3) is 5.91 Å². The average Bonchev–Trinajstić information content (AvgIpc) is 3.01. The van der Waals surface area contributed by atoms with Crippen LogP contribution in [0.5, 0.6) is 11.5 Å². The molecule has 5 nitrogen and oxygen atoms in total. The molecule has 1 atom stereocenters. The Labute approximate surface area is 172 Å². The second kappa shape index (κ2) is 7.05. The van der Waals surface area contributed by atoms with E-state index in [4.69, 9.17) is 4.74 Å². The number of anilines is 1. The number of halogens is 2. The van der Waals surface area contributed by atoms with Gasteiger partial charge in [0.05, 0.1) is 16.6 Å². The molecule has 2 aliphatic rings. The fraction of sp³-hybridized carbons (Fsp3) is 0.389. The third-order valence-corrected chi connectivity index (χ3v) is 8.12. The van der Waals surface area contributed by atoms with Crippen molar-refractivity contribution < 1.29 is 14.6 Å². The first-order chi connectivity index (χ1) is 12.5. The number of ether oxygens (including phenoxy) is 1. The van der Waals surface area contributed by atoms with Crippen LogP contribution < -0.4 is 15.4 Å². The number of amides is 1. The molecule has 0 saturated heterocycles. The number of nitrogens with one attached hydrogen (secondary N) is 2. The maximum atomic E-state index is 12.8. The van der Waals surface area contributed by atoms with Crippen molar-refractivity contribution in [3.05, 3.63) is 36.6 Å². The summed E-state index contributed by atoms with van der Waals surface area (Å²) in [5.74, 6) is 0.374. The first-order valence-corrected chi connectivity index (χ1v) is 11.0. The second-order valence-electron chi connectivity index (χ2n) is 6.34. The number of hydrogen-bond acceptors (Lipinski definition) is 5. The predicted molar refractivity (Wildman–Crippen MR) is 109 cm³/mol. The monoisotopic (exact) mass is 500 g/mol. The van der Waals surface area contributed by atoms with E-state index in [1.165, 1.54) is 16.9 Å². The summed E-state index contributed by atoms with van der Waals surface area (Å²) in [6.07, 6.45) is 3.95.